The first-order valence-corrected chi connectivity index (χ1v) is 7.28. The van der Waals surface area contributed by atoms with Crippen LogP contribution in [0.1, 0.15) is 20.8 Å². The Kier molecular flexibility index (Phi) is 6.91. The number of aliphatic carboxylic acids is 1. The second-order valence-electron chi connectivity index (χ2n) is 5.59. The molecule has 3 atom stereocenters. The van der Waals surface area contributed by atoms with E-state index in [1.807, 2.05) is 20.8 Å². The van der Waals surface area contributed by atoms with E-state index in [9.17, 15) is 14.7 Å². The van der Waals surface area contributed by atoms with Crippen LogP contribution in [-0.4, -0.2) is 67.6 Å². The van der Waals surface area contributed by atoms with Crippen molar-refractivity contribution in [3.05, 3.63) is 0 Å². The molecule has 2 N–H and O–H groups in total. The zero-order valence-corrected chi connectivity index (χ0v) is 13.2. The molecule has 7 nitrogen and oxygen atoms in total. The number of hydrogen-bond donors (Lipinski definition) is 2. The summed E-state index contributed by atoms with van der Waals surface area (Å²) in [6.45, 7) is 7.09. The summed E-state index contributed by atoms with van der Waals surface area (Å²) in [6, 6.07) is -0.806. The van der Waals surface area contributed by atoms with Gasteiger partial charge in [0.05, 0.1) is 31.9 Å². The summed E-state index contributed by atoms with van der Waals surface area (Å²) in [5, 5.41) is 12.1. The van der Waals surface area contributed by atoms with Gasteiger partial charge in [0.2, 0.25) is 0 Å². The number of rotatable bonds is 7. The minimum Gasteiger partial charge on any atom is -0.481 e. The molecule has 3 unspecified atom stereocenters. The van der Waals surface area contributed by atoms with Crippen LogP contribution in [-0.2, 0) is 14.3 Å². The van der Waals surface area contributed by atoms with Crippen molar-refractivity contribution in [3.63, 3.8) is 0 Å². The van der Waals surface area contributed by atoms with Gasteiger partial charge in [-0.3, -0.25) is 4.79 Å². The Morgan fingerprint density at radius 1 is 1.43 bits per heavy atom. The monoisotopic (exact) mass is 302 g/mol. The molecule has 0 aromatic heterocycles. The van der Waals surface area contributed by atoms with Gasteiger partial charge in [0, 0.05) is 13.7 Å². The molecule has 122 valence electrons. The fourth-order valence-corrected chi connectivity index (χ4v) is 2.44. The van der Waals surface area contributed by atoms with E-state index in [0.717, 1.165) is 0 Å². The number of nitrogens with zero attached hydrogens (tertiary/aromatic N) is 1. The third kappa shape index (κ3) is 4.57. The highest BCUT2D eigenvalue weighted by atomic mass is 16.5. The standard InChI is InChI=1S/C14H26N2O5/c1-5-16(12-8-21-6-10(12)13(17)18)14(19)15-11(7-20-4)9(2)3/h9-12H,5-8H2,1-4H3,(H,15,19)(H,17,18). The Bertz CT molecular complexity index is 361. The summed E-state index contributed by atoms with van der Waals surface area (Å²) >= 11 is 0. The SMILES string of the molecule is CCN(C(=O)NC(COC)C(C)C)C1COCC1C(=O)O. The van der Waals surface area contributed by atoms with Gasteiger partial charge in [-0.15, -0.1) is 0 Å². The molecule has 1 aliphatic heterocycles. The summed E-state index contributed by atoms with van der Waals surface area (Å²) in [5.41, 5.74) is 0. The molecular formula is C14H26N2O5. The highest BCUT2D eigenvalue weighted by Gasteiger charge is 2.39. The Morgan fingerprint density at radius 3 is 2.57 bits per heavy atom. The number of amides is 2. The smallest absolute Gasteiger partial charge is 0.318 e. The summed E-state index contributed by atoms with van der Waals surface area (Å²) in [4.78, 5) is 25.2. The number of urea groups is 1. The average Bonchev–Trinajstić information content (AvgIpc) is 2.88. The summed E-state index contributed by atoms with van der Waals surface area (Å²) in [6.07, 6.45) is 0. The van der Waals surface area contributed by atoms with E-state index in [4.69, 9.17) is 9.47 Å². The van der Waals surface area contributed by atoms with Crippen molar-refractivity contribution in [1.29, 1.82) is 0 Å². The molecule has 0 aromatic rings. The summed E-state index contributed by atoms with van der Waals surface area (Å²) in [7, 11) is 1.59. The number of nitrogens with one attached hydrogen (secondary N) is 1. The lowest BCUT2D eigenvalue weighted by Crippen LogP contribution is -2.54. The fraction of sp³-hybridized carbons (Fsp3) is 0.857. The Balaban J connectivity index is 2.74. The van der Waals surface area contributed by atoms with Crippen LogP contribution in [0.4, 0.5) is 4.79 Å². The lowest BCUT2D eigenvalue weighted by molar-refractivity contribution is -0.142. The van der Waals surface area contributed by atoms with Crippen molar-refractivity contribution in [1.82, 2.24) is 10.2 Å². The maximum Gasteiger partial charge on any atom is 0.318 e. The number of carboxylic acids is 1. The molecule has 0 aliphatic carbocycles. The quantitative estimate of drug-likeness (QED) is 0.726. The number of hydrogen-bond acceptors (Lipinski definition) is 4. The van der Waals surface area contributed by atoms with E-state index in [2.05, 4.69) is 5.32 Å². The first-order valence-electron chi connectivity index (χ1n) is 7.28. The van der Waals surface area contributed by atoms with E-state index in [-0.39, 0.29) is 31.2 Å². The molecule has 1 aliphatic rings. The lowest BCUT2D eigenvalue weighted by atomic mass is 10.0. The first kappa shape index (κ1) is 17.7. The molecule has 1 fully saturated rings. The van der Waals surface area contributed by atoms with Crippen LogP contribution in [0.3, 0.4) is 0 Å². The molecule has 1 saturated heterocycles. The van der Waals surface area contributed by atoms with Crippen molar-refractivity contribution in [2.45, 2.75) is 32.9 Å². The third-order valence-electron chi connectivity index (χ3n) is 3.83. The minimum atomic E-state index is -0.930. The van der Waals surface area contributed by atoms with Crippen LogP contribution in [0, 0.1) is 11.8 Å². The van der Waals surface area contributed by atoms with Gasteiger partial charge in [-0.05, 0) is 12.8 Å². The van der Waals surface area contributed by atoms with E-state index in [1.54, 1.807) is 7.11 Å². The molecule has 0 saturated carbocycles. The molecule has 1 rings (SSSR count). The van der Waals surface area contributed by atoms with Gasteiger partial charge >= 0.3 is 12.0 Å². The molecule has 0 spiro atoms. The molecule has 7 heteroatoms. The maximum absolute atomic E-state index is 12.4. The van der Waals surface area contributed by atoms with Gasteiger partial charge in [0.15, 0.2) is 0 Å². The van der Waals surface area contributed by atoms with Gasteiger partial charge in [-0.1, -0.05) is 13.8 Å². The van der Waals surface area contributed by atoms with E-state index in [1.165, 1.54) is 4.90 Å². The fourth-order valence-electron chi connectivity index (χ4n) is 2.44. The van der Waals surface area contributed by atoms with Crippen LogP contribution < -0.4 is 5.32 Å². The Morgan fingerprint density at radius 2 is 2.10 bits per heavy atom. The Hall–Kier alpha value is -1.34. The van der Waals surface area contributed by atoms with Crippen molar-refractivity contribution in [3.8, 4) is 0 Å². The third-order valence-corrected chi connectivity index (χ3v) is 3.83. The van der Waals surface area contributed by atoms with Gasteiger partial charge in [0.1, 0.15) is 5.92 Å². The molecule has 0 bridgehead atoms. The van der Waals surface area contributed by atoms with Crippen molar-refractivity contribution in [2.75, 3.05) is 33.5 Å². The van der Waals surface area contributed by atoms with E-state index < -0.39 is 17.9 Å². The van der Waals surface area contributed by atoms with Crippen molar-refractivity contribution < 1.29 is 24.2 Å². The van der Waals surface area contributed by atoms with Gasteiger partial charge in [0.25, 0.3) is 0 Å². The van der Waals surface area contributed by atoms with Crippen LogP contribution in [0.2, 0.25) is 0 Å². The van der Waals surface area contributed by atoms with Gasteiger partial charge in [-0.2, -0.15) is 0 Å². The lowest BCUT2D eigenvalue weighted by Gasteiger charge is -2.32. The number of likely N-dealkylation sites (N-methyl/N-ethyl adjacent to an activating group) is 1. The van der Waals surface area contributed by atoms with Crippen LogP contribution in [0.5, 0.6) is 0 Å². The largest absolute Gasteiger partial charge is 0.481 e. The van der Waals surface area contributed by atoms with Crippen LogP contribution in [0.25, 0.3) is 0 Å². The summed E-state index contributed by atoms with van der Waals surface area (Å²) < 4.78 is 10.3. The highest BCUT2D eigenvalue weighted by Crippen LogP contribution is 2.20. The zero-order valence-electron chi connectivity index (χ0n) is 13.2. The second-order valence-corrected chi connectivity index (χ2v) is 5.59. The molecule has 2 amide bonds. The molecule has 0 radical (unpaired) electrons. The topological polar surface area (TPSA) is 88.1 Å². The molecular weight excluding hydrogens is 276 g/mol. The summed E-state index contributed by atoms with van der Waals surface area (Å²) in [5.74, 6) is -1.38. The second kappa shape index (κ2) is 8.19. The first-order chi connectivity index (χ1) is 9.92. The molecule has 0 aromatic carbocycles. The number of carbonyl (C=O) groups is 2. The predicted molar refractivity (Wildman–Crippen MR) is 77.1 cm³/mol. The van der Waals surface area contributed by atoms with Gasteiger partial charge < -0.3 is 24.8 Å². The Labute approximate surface area is 125 Å². The van der Waals surface area contributed by atoms with Crippen LogP contribution in [0.15, 0.2) is 0 Å². The predicted octanol–water partition coefficient (Wildman–Crippen LogP) is 0.789. The average molecular weight is 302 g/mol. The number of methoxy groups -OCH3 is 1. The van der Waals surface area contributed by atoms with Crippen LogP contribution >= 0.6 is 0 Å². The number of carbonyl (C=O) groups excluding carboxylic acids is 1. The van der Waals surface area contributed by atoms with Crippen molar-refractivity contribution in [2.24, 2.45) is 11.8 Å². The van der Waals surface area contributed by atoms with E-state index >= 15 is 0 Å². The highest BCUT2D eigenvalue weighted by molar-refractivity contribution is 5.77. The number of ether oxygens (including phenoxy) is 2. The number of carboxylic acid groups (broad SMARTS) is 1. The molecule has 1 heterocycles. The maximum atomic E-state index is 12.4. The normalized spacial score (nSPS) is 23.1. The zero-order chi connectivity index (χ0) is 16.0. The minimum absolute atomic E-state index is 0.109. The van der Waals surface area contributed by atoms with E-state index in [0.29, 0.717) is 13.2 Å². The molecule has 21 heavy (non-hydrogen) atoms. The van der Waals surface area contributed by atoms with Crippen molar-refractivity contribution >= 4 is 12.0 Å². The van der Waals surface area contributed by atoms with Gasteiger partial charge in [-0.25, -0.2) is 4.79 Å².